The highest BCUT2D eigenvalue weighted by molar-refractivity contribution is 7.89. The van der Waals surface area contributed by atoms with Crippen molar-refractivity contribution in [2.45, 2.75) is 18.4 Å². The fraction of sp³-hybridized carbons (Fsp3) is 0.278. The summed E-state index contributed by atoms with van der Waals surface area (Å²) in [6.07, 6.45) is 0. The summed E-state index contributed by atoms with van der Waals surface area (Å²) in [4.78, 5) is 12.2. The molecule has 0 spiro atoms. The molecule has 2 aromatic rings. The largest absolute Gasteiger partial charge is 0.383 e. The van der Waals surface area contributed by atoms with Crippen LogP contribution in [0.1, 0.15) is 21.5 Å². The highest BCUT2D eigenvalue weighted by atomic mass is 32.2. The topological polar surface area (TPSA) is 84.5 Å². The lowest BCUT2D eigenvalue weighted by Gasteiger charge is -2.09. The maximum absolute atomic E-state index is 13.2. The van der Waals surface area contributed by atoms with Gasteiger partial charge >= 0.3 is 0 Å². The van der Waals surface area contributed by atoms with Crippen LogP contribution in [0, 0.1) is 12.7 Å². The molecular weight excluding hydrogens is 359 g/mol. The van der Waals surface area contributed by atoms with Gasteiger partial charge in [-0.05, 0) is 48.4 Å². The quantitative estimate of drug-likeness (QED) is 0.686. The Hall–Kier alpha value is -2.29. The molecule has 140 valence electrons. The molecule has 0 saturated heterocycles. The smallest absolute Gasteiger partial charge is 0.251 e. The molecule has 0 aromatic heterocycles. The van der Waals surface area contributed by atoms with Gasteiger partial charge in [-0.15, -0.1) is 0 Å². The van der Waals surface area contributed by atoms with Crippen LogP contribution >= 0.6 is 0 Å². The fourth-order valence-electron chi connectivity index (χ4n) is 2.25. The maximum Gasteiger partial charge on any atom is 0.251 e. The van der Waals surface area contributed by atoms with Gasteiger partial charge in [0, 0.05) is 25.8 Å². The number of hydrogen-bond acceptors (Lipinski definition) is 4. The predicted molar refractivity (Wildman–Crippen MR) is 95.8 cm³/mol. The van der Waals surface area contributed by atoms with Crippen LogP contribution in [0.4, 0.5) is 4.39 Å². The van der Waals surface area contributed by atoms with E-state index in [9.17, 15) is 17.6 Å². The molecule has 2 aromatic carbocycles. The zero-order valence-corrected chi connectivity index (χ0v) is 15.4. The minimum absolute atomic E-state index is 0.0688. The van der Waals surface area contributed by atoms with Crippen molar-refractivity contribution in [3.63, 3.8) is 0 Å². The lowest BCUT2D eigenvalue weighted by atomic mass is 10.1. The second-order valence-corrected chi connectivity index (χ2v) is 7.45. The van der Waals surface area contributed by atoms with Crippen molar-refractivity contribution in [3.8, 4) is 0 Å². The van der Waals surface area contributed by atoms with Crippen LogP contribution in [0.2, 0.25) is 0 Å². The molecule has 0 aliphatic carbocycles. The predicted octanol–water partition coefficient (Wildman–Crippen LogP) is 1.99. The Morgan fingerprint density at radius 1 is 1.15 bits per heavy atom. The summed E-state index contributed by atoms with van der Waals surface area (Å²) in [7, 11) is -2.16. The number of nitrogens with one attached hydrogen (secondary N) is 2. The van der Waals surface area contributed by atoms with Crippen LogP contribution in [0.5, 0.6) is 0 Å². The number of sulfonamides is 1. The second kappa shape index (κ2) is 8.88. The van der Waals surface area contributed by atoms with Gasteiger partial charge in [-0.25, -0.2) is 17.5 Å². The normalized spacial score (nSPS) is 11.3. The van der Waals surface area contributed by atoms with Gasteiger partial charge in [-0.2, -0.15) is 0 Å². The Kier molecular flexibility index (Phi) is 6.84. The van der Waals surface area contributed by atoms with Gasteiger partial charge in [-0.1, -0.05) is 12.1 Å². The highest BCUT2D eigenvalue weighted by Gasteiger charge is 2.14. The van der Waals surface area contributed by atoms with Gasteiger partial charge in [0.2, 0.25) is 10.0 Å². The molecule has 8 heteroatoms. The van der Waals surface area contributed by atoms with Gasteiger partial charge in [0.25, 0.3) is 5.91 Å². The van der Waals surface area contributed by atoms with E-state index in [1.54, 1.807) is 19.1 Å². The Labute approximate surface area is 152 Å². The first-order valence-corrected chi connectivity index (χ1v) is 9.43. The first-order valence-electron chi connectivity index (χ1n) is 7.95. The van der Waals surface area contributed by atoms with Crippen molar-refractivity contribution in [3.05, 3.63) is 65.0 Å². The minimum Gasteiger partial charge on any atom is -0.383 e. The monoisotopic (exact) mass is 380 g/mol. The van der Waals surface area contributed by atoms with Crippen molar-refractivity contribution >= 4 is 15.9 Å². The summed E-state index contributed by atoms with van der Waals surface area (Å²) in [6.45, 7) is 2.33. The molecule has 0 unspecified atom stereocenters. The molecule has 0 atom stereocenters. The number of halogens is 1. The third kappa shape index (κ3) is 5.35. The molecule has 2 rings (SSSR count). The zero-order chi connectivity index (χ0) is 19.2. The summed E-state index contributed by atoms with van der Waals surface area (Å²) < 4.78 is 44.6. The van der Waals surface area contributed by atoms with Crippen LogP contribution in [0.15, 0.2) is 47.4 Å². The maximum atomic E-state index is 13.2. The van der Waals surface area contributed by atoms with Crippen LogP contribution < -0.4 is 10.0 Å². The molecule has 26 heavy (non-hydrogen) atoms. The zero-order valence-electron chi connectivity index (χ0n) is 14.6. The Balaban J connectivity index is 1.98. The molecule has 6 nitrogen and oxygen atoms in total. The highest BCUT2D eigenvalue weighted by Crippen LogP contribution is 2.12. The molecule has 0 bridgehead atoms. The summed E-state index contributed by atoms with van der Waals surface area (Å²) in [5, 5.41) is 2.72. The van der Waals surface area contributed by atoms with E-state index in [4.69, 9.17) is 4.74 Å². The number of carbonyl (C=O) groups excluding carboxylic acids is 1. The number of amides is 1. The molecule has 0 aliphatic rings. The molecule has 0 fully saturated rings. The van der Waals surface area contributed by atoms with E-state index in [-0.39, 0.29) is 36.3 Å². The summed E-state index contributed by atoms with van der Waals surface area (Å²) >= 11 is 0. The average molecular weight is 380 g/mol. The third-order valence-electron chi connectivity index (χ3n) is 3.70. The summed E-state index contributed by atoms with van der Waals surface area (Å²) in [6, 6.07) is 10.2. The summed E-state index contributed by atoms with van der Waals surface area (Å²) in [5.41, 5.74) is 1.62. The number of methoxy groups -OCH3 is 1. The van der Waals surface area contributed by atoms with Crippen LogP contribution in [0.3, 0.4) is 0 Å². The lowest BCUT2D eigenvalue weighted by molar-refractivity contribution is 0.0951. The van der Waals surface area contributed by atoms with E-state index in [2.05, 4.69) is 10.0 Å². The molecule has 2 N–H and O–H groups in total. The van der Waals surface area contributed by atoms with Crippen molar-refractivity contribution in [2.24, 2.45) is 0 Å². The van der Waals surface area contributed by atoms with E-state index in [1.165, 1.54) is 37.4 Å². The number of hydrogen-bond donors (Lipinski definition) is 2. The Bertz CT molecular complexity index is 867. The second-order valence-electron chi connectivity index (χ2n) is 5.68. The van der Waals surface area contributed by atoms with E-state index in [1.807, 2.05) is 0 Å². The van der Waals surface area contributed by atoms with Gasteiger partial charge in [0.1, 0.15) is 5.82 Å². The van der Waals surface area contributed by atoms with E-state index in [0.29, 0.717) is 11.1 Å². The van der Waals surface area contributed by atoms with Crippen LogP contribution in [0.25, 0.3) is 0 Å². The molecule has 0 aliphatic heterocycles. The van der Waals surface area contributed by atoms with Gasteiger partial charge in [-0.3, -0.25) is 4.79 Å². The standard InChI is InChI=1S/C18H21FN2O4S/c1-13-11-14(3-8-17(13)19)12-20-18(22)15-4-6-16(7-5-15)26(23,24)21-9-10-25-2/h3-8,11,21H,9-10,12H2,1-2H3,(H,20,22). The van der Waals surface area contributed by atoms with Crippen LogP contribution in [-0.4, -0.2) is 34.6 Å². The van der Waals surface area contributed by atoms with Gasteiger partial charge < -0.3 is 10.1 Å². The number of aryl methyl sites for hydroxylation is 1. The van der Waals surface area contributed by atoms with Gasteiger partial charge in [0.05, 0.1) is 11.5 Å². The SMILES string of the molecule is COCCNS(=O)(=O)c1ccc(C(=O)NCc2ccc(F)c(C)c2)cc1. The van der Waals surface area contributed by atoms with Crippen molar-refractivity contribution < 1.29 is 22.3 Å². The lowest BCUT2D eigenvalue weighted by Crippen LogP contribution is -2.27. The van der Waals surface area contributed by atoms with Crippen molar-refractivity contribution in [1.82, 2.24) is 10.0 Å². The number of carbonyl (C=O) groups is 1. The first-order chi connectivity index (χ1) is 12.3. The molecule has 0 saturated carbocycles. The molecule has 0 heterocycles. The molecular formula is C18H21FN2O4S. The number of rotatable bonds is 8. The van der Waals surface area contributed by atoms with Crippen LogP contribution in [-0.2, 0) is 21.3 Å². The molecule has 0 radical (unpaired) electrons. The van der Waals surface area contributed by atoms with Crippen molar-refractivity contribution in [1.29, 1.82) is 0 Å². The number of ether oxygens (including phenoxy) is 1. The first kappa shape index (κ1) is 20.0. The molecule has 1 amide bonds. The summed E-state index contributed by atoms with van der Waals surface area (Å²) in [5.74, 6) is -0.640. The fourth-order valence-corrected chi connectivity index (χ4v) is 3.26. The van der Waals surface area contributed by atoms with E-state index >= 15 is 0 Å². The van der Waals surface area contributed by atoms with Crippen molar-refractivity contribution in [2.75, 3.05) is 20.3 Å². The number of benzene rings is 2. The van der Waals surface area contributed by atoms with E-state index < -0.39 is 10.0 Å². The minimum atomic E-state index is -3.64. The van der Waals surface area contributed by atoms with E-state index in [0.717, 1.165) is 5.56 Å². The average Bonchev–Trinajstić information content (AvgIpc) is 2.62. The third-order valence-corrected chi connectivity index (χ3v) is 5.18. The van der Waals surface area contributed by atoms with Gasteiger partial charge in [0.15, 0.2) is 0 Å². The Morgan fingerprint density at radius 2 is 1.85 bits per heavy atom. The Morgan fingerprint density at radius 3 is 2.46 bits per heavy atom.